The molecule has 2 aliphatic heterocycles. The predicted octanol–water partition coefficient (Wildman–Crippen LogP) is 4.97. The summed E-state index contributed by atoms with van der Waals surface area (Å²) in [6.45, 7) is 0.419. The van der Waals surface area contributed by atoms with Crippen LogP contribution in [0.25, 0.3) is 0 Å². The second-order valence-electron chi connectivity index (χ2n) is 8.38. The van der Waals surface area contributed by atoms with Gasteiger partial charge < -0.3 is 9.64 Å². The van der Waals surface area contributed by atoms with Crippen LogP contribution in [0.3, 0.4) is 0 Å². The lowest BCUT2D eigenvalue weighted by Crippen LogP contribution is -2.54. The highest BCUT2D eigenvalue weighted by Gasteiger charge is 2.56. The summed E-state index contributed by atoms with van der Waals surface area (Å²) >= 11 is 7.71. The first-order valence-corrected chi connectivity index (χ1v) is 11.6. The number of rotatable bonds is 2. The van der Waals surface area contributed by atoms with Crippen LogP contribution in [-0.2, 0) is 28.6 Å². The number of alkyl halides is 3. The van der Waals surface area contributed by atoms with Crippen LogP contribution in [-0.4, -0.2) is 38.6 Å². The molecule has 1 aromatic carbocycles. The number of carbonyl (C=O) groups is 1. The molecule has 174 valence electrons. The number of piperidine rings is 1. The van der Waals surface area contributed by atoms with Crippen LogP contribution in [0.15, 0.2) is 42.6 Å². The van der Waals surface area contributed by atoms with E-state index in [2.05, 4.69) is 10.3 Å². The number of fused-ring (bicyclic) bond motifs is 2. The molecule has 0 radical (unpaired) electrons. The molecule has 2 aromatic heterocycles. The summed E-state index contributed by atoms with van der Waals surface area (Å²) in [7, 11) is 1.63. The molecule has 0 unspecified atom stereocenters. The quantitative estimate of drug-likeness (QED) is 0.503. The molecular weight excluding hydrogens is 477 g/mol. The van der Waals surface area contributed by atoms with Crippen molar-refractivity contribution in [2.75, 3.05) is 6.61 Å². The Hall–Kier alpha value is -2.43. The first-order valence-electron chi connectivity index (χ1n) is 10.4. The van der Waals surface area contributed by atoms with Crippen molar-refractivity contribution in [3.8, 4) is 0 Å². The number of ether oxygens (including phenoxy) is 1. The molecule has 5 rings (SSSR count). The summed E-state index contributed by atoms with van der Waals surface area (Å²) < 4.78 is 49.8. The van der Waals surface area contributed by atoms with Crippen molar-refractivity contribution in [3.05, 3.63) is 68.6 Å². The molecule has 2 aliphatic rings. The normalized spacial score (nSPS) is 25.3. The number of hydrogen-bond acceptors (Lipinski definition) is 5. The summed E-state index contributed by atoms with van der Waals surface area (Å²) in [5, 5.41) is 8.01. The summed E-state index contributed by atoms with van der Waals surface area (Å²) in [6.07, 6.45) is -2.51. The van der Waals surface area contributed by atoms with E-state index in [1.54, 1.807) is 43.6 Å². The van der Waals surface area contributed by atoms with Crippen LogP contribution in [0.5, 0.6) is 0 Å². The summed E-state index contributed by atoms with van der Waals surface area (Å²) in [5.74, 6) is -1.90. The zero-order valence-electron chi connectivity index (χ0n) is 17.6. The lowest BCUT2D eigenvalue weighted by molar-refractivity contribution is -0.203. The first kappa shape index (κ1) is 22.4. The maximum atomic E-state index is 13.8. The van der Waals surface area contributed by atoms with E-state index >= 15 is 0 Å². The molecule has 0 saturated carbocycles. The fraction of sp³-hybridized carbons (Fsp3) is 0.409. The number of carbonyl (C=O) groups excluding carboxylic acids is 1. The van der Waals surface area contributed by atoms with Crippen LogP contribution in [0.4, 0.5) is 13.2 Å². The Morgan fingerprint density at radius 2 is 1.97 bits per heavy atom. The number of aromatic nitrogens is 3. The first-order chi connectivity index (χ1) is 15.7. The Bertz CT molecular complexity index is 1180. The average Bonchev–Trinajstić information content (AvgIpc) is 3.38. The summed E-state index contributed by atoms with van der Waals surface area (Å²) in [6, 6.07) is 8.78. The van der Waals surface area contributed by atoms with Gasteiger partial charge in [-0.3, -0.25) is 9.48 Å². The molecule has 11 heteroatoms. The van der Waals surface area contributed by atoms with Gasteiger partial charge in [0.05, 0.1) is 29.2 Å². The zero-order valence-corrected chi connectivity index (χ0v) is 19.1. The van der Waals surface area contributed by atoms with Crippen molar-refractivity contribution in [1.29, 1.82) is 0 Å². The second kappa shape index (κ2) is 8.11. The molecule has 1 amide bonds. The second-order valence-corrected chi connectivity index (χ2v) is 10.1. The Morgan fingerprint density at radius 1 is 1.24 bits per heavy atom. The van der Waals surface area contributed by atoms with E-state index in [1.165, 1.54) is 16.0 Å². The number of likely N-dealkylation sites (tertiary alicyclic amines) is 1. The molecule has 1 saturated heterocycles. The number of thiophene rings is 1. The van der Waals surface area contributed by atoms with Crippen LogP contribution in [0, 0.1) is 0 Å². The largest absolute Gasteiger partial charge is 0.471 e. The van der Waals surface area contributed by atoms with Gasteiger partial charge in [0.25, 0.3) is 0 Å². The Balaban J connectivity index is 1.70. The Kier molecular flexibility index (Phi) is 5.49. The molecule has 33 heavy (non-hydrogen) atoms. The van der Waals surface area contributed by atoms with Gasteiger partial charge in [0.1, 0.15) is 11.3 Å². The van der Waals surface area contributed by atoms with Gasteiger partial charge in [-0.25, -0.2) is 0 Å². The van der Waals surface area contributed by atoms with Gasteiger partial charge in [-0.15, -0.1) is 16.4 Å². The smallest absolute Gasteiger partial charge is 0.369 e. The third-order valence-corrected chi connectivity index (χ3v) is 7.78. The van der Waals surface area contributed by atoms with Gasteiger partial charge >= 0.3 is 12.1 Å². The van der Waals surface area contributed by atoms with Crippen molar-refractivity contribution in [2.45, 2.75) is 43.1 Å². The van der Waals surface area contributed by atoms with Gasteiger partial charge in [0, 0.05) is 24.8 Å². The fourth-order valence-electron chi connectivity index (χ4n) is 4.96. The summed E-state index contributed by atoms with van der Waals surface area (Å²) in [4.78, 5) is 14.6. The van der Waals surface area contributed by atoms with E-state index in [9.17, 15) is 18.0 Å². The molecule has 1 spiro atoms. The standard InChI is InChI=1S/C22H20ClF3N4O2S/c1-29-12-15(27-28-29)17-11-21(19-14(7-8-32-21)9-18(23)33-19)10-16(13-5-3-2-4-6-13)30(17)20(31)22(24,25)26/h2-6,9,12,16-17H,7-8,10-11H2,1H3/t16-,17+,21+/m1/s1. The van der Waals surface area contributed by atoms with Gasteiger partial charge in [-0.2, -0.15) is 13.2 Å². The summed E-state index contributed by atoms with van der Waals surface area (Å²) in [5.41, 5.74) is 1.03. The van der Waals surface area contributed by atoms with Crippen LogP contribution >= 0.6 is 22.9 Å². The average molecular weight is 497 g/mol. The number of hydrogen-bond donors (Lipinski definition) is 0. The van der Waals surface area contributed by atoms with E-state index in [-0.39, 0.29) is 18.5 Å². The minimum Gasteiger partial charge on any atom is -0.369 e. The van der Waals surface area contributed by atoms with Crippen LogP contribution in [0.2, 0.25) is 4.34 Å². The number of amides is 1. The number of halogens is 4. The van der Waals surface area contributed by atoms with E-state index in [0.717, 1.165) is 15.3 Å². The molecule has 3 atom stereocenters. The number of aryl methyl sites for hydroxylation is 1. The highest BCUT2D eigenvalue weighted by molar-refractivity contribution is 7.16. The lowest BCUT2D eigenvalue weighted by atomic mass is 9.75. The molecular formula is C22H20ClF3N4O2S. The van der Waals surface area contributed by atoms with E-state index < -0.39 is 29.8 Å². The van der Waals surface area contributed by atoms with E-state index in [4.69, 9.17) is 16.3 Å². The molecule has 0 N–H and O–H groups in total. The molecule has 6 nitrogen and oxygen atoms in total. The SMILES string of the molecule is Cn1cc([C@@H]2C[C@]3(C[C@H](c4ccccc4)N2C(=O)C(F)(F)F)OCCc2cc(Cl)sc23)nn1. The van der Waals surface area contributed by atoms with Crippen molar-refractivity contribution in [3.63, 3.8) is 0 Å². The third-order valence-electron chi connectivity index (χ3n) is 6.28. The molecule has 3 aromatic rings. The topological polar surface area (TPSA) is 60.2 Å². The highest BCUT2D eigenvalue weighted by atomic mass is 35.5. The van der Waals surface area contributed by atoms with Gasteiger partial charge in [0.15, 0.2) is 0 Å². The van der Waals surface area contributed by atoms with E-state index in [0.29, 0.717) is 22.9 Å². The van der Waals surface area contributed by atoms with Gasteiger partial charge in [-0.1, -0.05) is 47.1 Å². The molecule has 4 heterocycles. The van der Waals surface area contributed by atoms with Gasteiger partial charge in [0.2, 0.25) is 0 Å². The maximum Gasteiger partial charge on any atom is 0.471 e. The van der Waals surface area contributed by atoms with Crippen molar-refractivity contribution in [2.24, 2.45) is 7.05 Å². The van der Waals surface area contributed by atoms with Crippen molar-refractivity contribution in [1.82, 2.24) is 19.9 Å². The van der Waals surface area contributed by atoms with Gasteiger partial charge in [-0.05, 0) is 23.6 Å². The number of benzene rings is 1. The molecule has 1 fully saturated rings. The highest BCUT2D eigenvalue weighted by Crippen LogP contribution is 2.56. The lowest BCUT2D eigenvalue weighted by Gasteiger charge is -2.51. The van der Waals surface area contributed by atoms with Crippen LogP contribution < -0.4 is 0 Å². The Morgan fingerprint density at radius 3 is 2.64 bits per heavy atom. The maximum absolute atomic E-state index is 13.8. The van der Waals surface area contributed by atoms with Crippen LogP contribution in [0.1, 0.15) is 46.6 Å². The Labute approximate surface area is 196 Å². The minimum atomic E-state index is -5.04. The van der Waals surface area contributed by atoms with Crippen molar-refractivity contribution >= 4 is 28.8 Å². The molecule has 0 aliphatic carbocycles. The third kappa shape index (κ3) is 3.94. The van der Waals surface area contributed by atoms with Crippen molar-refractivity contribution < 1.29 is 22.7 Å². The monoisotopic (exact) mass is 496 g/mol. The zero-order chi connectivity index (χ0) is 23.4. The number of nitrogens with zero attached hydrogens (tertiary/aromatic N) is 4. The molecule has 0 bridgehead atoms. The van der Waals surface area contributed by atoms with E-state index in [1.807, 2.05) is 6.07 Å². The minimum absolute atomic E-state index is 0.126. The fourth-order valence-corrected chi connectivity index (χ4v) is 6.42. The predicted molar refractivity (Wildman–Crippen MR) is 116 cm³/mol.